The Hall–Kier alpha value is -2.28. The topological polar surface area (TPSA) is 71.8 Å². The van der Waals surface area contributed by atoms with Gasteiger partial charge in [-0.1, -0.05) is 0 Å². The van der Waals surface area contributed by atoms with E-state index in [0.717, 1.165) is 19.6 Å². The Balaban J connectivity index is 1.56. The zero-order valence-electron chi connectivity index (χ0n) is 11.4. The maximum Gasteiger partial charge on any atom is 0.254 e. The van der Waals surface area contributed by atoms with Crippen LogP contribution in [0.2, 0.25) is 0 Å². The molecule has 0 saturated carbocycles. The number of pyridine rings is 1. The summed E-state index contributed by atoms with van der Waals surface area (Å²) in [7, 11) is 0. The van der Waals surface area contributed by atoms with E-state index in [2.05, 4.69) is 20.7 Å². The Bertz CT molecular complexity index is 638. The molecule has 2 aromatic heterocycles. The molecule has 1 fully saturated rings. The summed E-state index contributed by atoms with van der Waals surface area (Å²) in [6, 6.07) is 2.83. The second-order valence-electron chi connectivity index (χ2n) is 5.09. The Kier molecular flexibility index (Phi) is 3.92. The van der Waals surface area contributed by atoms with Crippen LogP contribution >= 0.6 is 0 Å². The molecule has 0 unspecified atom stereocenters. The van der Waals surface area contributed by atoms with Crippen LogP contribution in [0.5, 0.6) is 0 Å². The van der Waals surface area contributed by atoms with Crippen molar-refractivity contribution in [2.75, 3.05) is 13.1 Å². The monoisotopic (exact) mass is 289 g/mol. The Morgan fingerprint density at radius 1 is 1.52 bits per heavy atom. The molecule has 7 heteroatoms. The van der Waals surface area contributed by atoms with Crippen molar-refractivity contribution >= 4 is 5.91 Å². The van der Waals surface area contributed by atoms with Crippen LogP contribution in [-0.2, 0) is 13.1 Å². The van der Waals surface area contributed by atoms with Crippen molar-refractivity contribution < 1.29 is 9.18 Å². The smallest absolute Gasteiger partial charge is 0.254 e. The standard InChI is InChI=1S/C14H16FN5O/c15-12-2-1-3-17-13(12)7-18-14(21)11-6-19-20(9-11)8-10-4-16-5-10/h1-3,6,9-10,16H,4-5,7-8H2,(H,18,21). The number of carbonyl (C=O) groups excluding carboxylic acids is 1. The summed E-state index contributed by atoms with van der Waals surface area (Å²) in [5.74, 6) is -0.132. The van der Waals surface area contributed by atoms with Gasteiger partial charge in [0, 0.05) is 37.9 Å². The lowest BCUT2D eigenvalue weighted by atomic mass is 10.0. The van der Waals surface area contributed by atoms with Gasteiger partial charge in [0.1, 0.15) is 5.82 Å². The number of aromatic nitrogens is 3. The molecular formula is C14H16FN5O. The third-order valence-electron chi connectivity index (χ3n) is 3.46. The highest BCUT2D eigenvalue weighted by atomic mass is 19.1. The van der Waals surface area contributed by atoms with Gasteiger partial charge in [0.15, 0.2) is 0 Å². The number of amides is 1. The molecule has 1 aliphatic rings. The molecule has 2 aromatic rings. The minimum Gasteiger partial charge on any atom is -0.346 e. The van der Waals surface area contributed by atoms with Crippen LogP contribution in [0.1, 0.15) is 16.1 Å². The summed E-state index contributed by atoms with van der Waals surface area (Å²) in [6.45, 7) is 2.83. The van der Waals surface area contributed by atoms with Gasteiger partial charge in [0.05, 0.1) is 24.0 Å². The van der Waals surface area contributed by atoms with Crippen LogP contribution in [0.4, 0.5) is 4.39 Å². The molecule has 3 heterocycles. The van der Waals surface area contributed by atoms with Crippen LogP contribution in [0, 0.1) is 11.7 Å². The highest BCUT2D eigenvalue weighted by Crippen LogP contribution is 2.08. The summed E-state index contributed by atoms with van der Waals surface area (Å²) >= 11 is 0. The second-order valence-corrected chi connectivity index (χ2v) is 5.09. The molecule has 1 saturated heterocycles. The predicted molar refractivity (Wildman–Crippen MR) is 74.0 cm³/mol. The van der Waals surface area contributed by atoms with E-state index in [1.807, 2.05) is 0 Å². The fraction of sp³-hybridized carbons (Fsp3) is 0.357. The Morgan fingerprint density at radius 2 is 2.38 bits per heavy atom. The lowest BCUT2D eigenvalue weighted by Crippen LogP contribution is -2.44. The summed E-state index contributed by atoms with van der Waals surface area (Å²) in [6.07, 6.45) is 4.73. The molecule has 3 rings (SSSR count). The van der Waals surface area contributed by atoms with Crippen LogP contribution < -0.4 is 10.6 Å². The number of hydrogen-bond acceptors (Lipinski definition) is 4. The molecule has 1 amide bonds. The normalized spacial score (nSPS) is 14.7. The fourth-order valence-electron chi connectivity index (χ4n) is 2.14. The molecule has 6 nitrogen and oxygen atoms in total. The van der Waals surface area contributed by atoms with Gasteiger partial charge in [0.2, 0.25) is 0 Å². The summed E-state index contributed by atoms with van der Waals surface area (Å²) < 4.78 is 15.2. The summed E-state index contributed by atoms with van der Waals surface area (Å²) in [4.78, 5) is 15.9. The Labute approximate surface area is 121 Å². The lowest BCUT2D eigenvalue weighted by Gasteiger charge is -2.26. The van der Waals surface area contributed by atoms with E-state index in [4.69, 9.17) is 0 Å². The number of hydrogen-bond donors (Lipinski definition) is 2. The van der Waals surface area contributed by atoms with Gasteiger partial charge in [-0.05, 0) is 12.1 Å². The molecule has 2 N–H and O–H groups in total. The number of nitrogens with one attached hydrogen (secondary N) is 2. The highest BCUT2D eigenvalue weighted by Gasteiger charge is 2.18. The van der Waals surface area contributed by atoms with Crippen molar-refractivity contribution in [2.24, 2.45) is 5.92 Å². The fourth-order valence-corrected chi connectivity index (χ4v) is 2.14. The molecule has 0 aliphatic carbocycles. The number of nitrogens with zero attached hydrogens (tertiary/aromatic N) is 3. The first-order valence-electron chi connectivity index (χ1n) is 6.83. The molecule has 21 heavy (non-hydrogen) atoms. The van der Waals surface area contributed by atoms with E-state index in [-0.39, 0.29) is 18.1 Å². The van der Waals surface area contributed by atoms with Crippen LogP contribution in [0.3, 0.4) is 0 Å². The van der Waals surface area contributed by atoms with E-state index in [1.54, 1.807) is 10.9 Å². The van der Waals surface area contributed by atoms with Gasteiger partial charge in [0.25, 0.3) is 5.91 Å². The van der Waals surface area contributed by atoms with Gasteiger partial charge in [-0.25, -0.2) is 4.39 Å². The number of rotatable bonds is 5. The number of halogens is 1. The van der Waals surface area contributed by atoms with E-state index >= 15 is 0 Å². The number of carbonyl (C=O) groups is 1. The first-order chi connectivity index (χ1) is 10.2. The first-order valence-corrected chi connectivity index (χ1v) is 6.83. The highest BCUT2D eigenvalue weighted by molar-refractivity contribution is 5.93. The van der Waals surface area contributed by atoms with Crippen LogP contribution in [0.25, 0.3) is 0 Å². The average molecular weight is 289 g/mol. The third kappa shape index (κ3) is 3.25. The van der Waals surface area contributed by atoms with Gasteiger partial charge in [-0.3, -0.25) is 14.5 Å². The molecule has 1 aliphatic heterocycles. The third-order valence-corrected chi connectivity index (χ3v) is 3.46. The van der Waals surface area contributed by atoms with Crippen molar-refractivity contribution in [1.29, 1.82) is 0 Å². The average Bonchev–Trinajstić information content (AvgIpc) is 2.90. The quantitative estimate of drug-likeness (QED) is 0.844. The largest absolute Gasteiger partial charge is 0.346 e. The molecule has 0 bridgehead atoms. The SMILES string of the molecule is O=C(NCc1ncccc1F)c1cnn(CC2CNC2)c1. The van der Waals surface area contributed by atoms with Crippen molar-refractivity contribution in [3.8, 4) is 0 Å². The van der Waals surface area contributed by atoms with Crippen molar-refractivity contribution in [3.63, 3.8) is 0 Å². The molecule has 0 atom stereocenters. The second kappa shape index (κ2) is 6.01. The maximum atomic E-state index is 13.4. The van der Waals surface area contributed by atoms with Gasteiger partial charge in [-0.2, -0.15) is 5.10 Å². The molecular weight excluding hydrogens is 273 g/mol. The zero-order chi connectivity index (χ0) is 14.7. The van der Waals surface area contributed by atoms with Gasteiger partial charge < -0.3 is 10.6 Å². The molecule has 0 aromatic carbocycles. The minimum atomic E-state index is -0.425. The lowest BCUT2D eigenvalue weighted by molar-refractivity contribution is 0.0950. The van der Waals surface area contributed by atoms with E-state index in [0.29, 0.717) is 11.5 Å². The molecule has 110 valence electrons. The van der Waals surface area contributed by atoms with E-state index in [1.165, 1.54) is 24.5 Å². The maximum absolute atomic E-state index is 13.4. The van der Waals surface area contributed by atoms with Crippen LogP contribution in [0.15, 0.2) is 30.7 Å². The van der Waals surface area contributed by atoms with Crippen molar-refractivity contribution in [1.82, 2.24) is 25.4 Å². The molecule has 0 spiro atoms. The van der Waals surface area contributed by atoms with Crippen LogP contribution in [-0.4, -0.2) is 33.8 Å². The Morgan fingerprint density at radius 3 is 3.10 bits per heavy atom. The summed E-state index contributed by atoms with van der Waals surface area (Å²) in [5.41, 5.74) is 0.692. The summed E-state index contributed by atoms with van der Waals surface area (Å²) in [5, 5.41) is 10.0. The van der Waals surface area contributed by atoms with Gasteiger partial charge >= 0.3 is 0 Å². The van der Waals surface area contributed by atoms with Gasteiger partial charge in [-0.15, -0.1) is 0 Å². The van der Waals surface area contributed by atoms with Crippen molar-refractivity contribution in [2.45, 2.75) is 13.1 Å². The van der Waals surface area contributed by atoms with Crippen molar-refractivity contribution in [3.05, 3.63) is 47.8 Å². The van der Waals surface area contributed by atoms with E-state index in [9.17, 15) is 9.18 Å². The predicted octanol–water partition coefficient (Wildman–Crippen LogP) is 0.567. The minimum absolute atomic E-state index is 0.0588. The zero-order valence-corrected chi connectivity index (χ0v) is 11.4. The first kappa shape index (κ1) is 13.7. The molecule has 0 radical (unpaired) electrons. The van der Waals surface area contributed by atoms with E-state index < -0.39 is 5.82 Å².